The Bertz CT molecular complexity index is 864. The van der Waals surface area contributed by atoms with Crippen LogP contribution in [0.3, 0.4) is 0 Å². The second kappa shape index (κ2) is 15.7. The standard InChI is InChI=1S/C18H21NO2S.C7H9N/c1-4-16(8-6-10-19-14-20)12-15(3)18(21-5-2)13-17-9-7-11-22-17;1-2-7-5-3-4-6-8-7/h4,6-14H,1,5H2,2-3H3,(H,19,20);3-6H,2H2,1H3/b10-6+,15-12+,16-8-,18-13-;. The number of thiophene rings is 1. The van der Waals surface area contributed by atoms with Crippen LogP contribution in [-0.2, 0) is 16.0 Å². The van der Waals surface area contributed by atoms with Crippen molar-refractivity contribution in [2.45, 2.75) is 27.2 Å². The minimum Gasteiger partial charge on any atom is -0.494 e. The minimum atomic E-state index is 0.610. The summed E-state index contributed by atoms with van der Waals surface area (Å²) in [7, 11) is 0. The average Bonchev–Trinajstić information content (AvgIpc) is 3.29. The number of carbonyl (C=O) groups excluding carboxylic acids is 1. The molecule has 0 bridgehead atoms. The highest BCUT2D eigenvalue weighted by Gasteiger charge is 2.02. The second-order valence-corrected chi connectivity index (χ2v) is 6.95. The van der Waals surface area contributed by atoms with E-state index in [1.54, 1.807) is 29.7 Å². The molecule has 0 radical (unpaired) electrons. The summed E-state index contributed by atoms with van der Waals surface area (Å²) in [4.78, 5) is 15.4. The van der Waals surface area contributed by atoms with Gasteiger partial charge in [0.25, 0.3) is 0 Å². The molecule has 158 valence electrons. The summed E-state index contributed by atoms with van der Waals surface area (Å²) in [6.45, 7) is 10.5. The van der Waals surface area contributed by atoms with Gasteiger partial charge in [-0.05, 0) is 73.2 Å². The fourth-order valence-electron chi connectivity index (χ4n) is 2.28. The van der Waals surface area contributed by atoms with Crippen LogP contribution in [0.4, 0.5) is 0 Å². The Balaban J connectivity index is 0.000000467. The Kier molecular flexibility index (Phi) is 13.0. The lowest BCUT2D eigenvalue weighted by Crippen LogP contribution is -1.97. The molecule has 1 N–H and O–H groups in total. The largest absolute Gasteiger partial charge is 0.494 e. The molecule has 0 saturated carbocycles. The Hall–Kier alpha value is -3.18. The van der Waals surface area contributed by atoms with E-state index in [1.165, 1.54) is 0 Å². The lowest BCUT2D eigenvalue weighted by molar-refractivity contribution is -0.108. The van der Waals surface area contributed by atoms with Crippen molar-refractivity contribution in [1.82, 2.24) is 10.3 Å². The fourth-order valence-corrected chi connectivity index (χ4v) is 2.93. The smallest absolute Gasteiger partial charge is 0.211 e. The third-order valence-corrected chi connectivity index (χ3v) is 4.58. The number of nitrogens with zero attached hydrogens (tertiary/aromatic N) is 1. The molecule has 2 aromatic rings. The number of allylic oxidation sites excluding steroid dienone is 6. The number of aromatic nitrogens is 1. The van der Waals surface area contributed by atoms with Crippen molar-refractivity contribution in [2.75, 3.05) is 6.61 Å². The van der Waals surface area contributed by atoms with Crippen molar-refractivity contribution in [3.05, 3.63) is 106 Å². The molecule has 30 heavy (non-hydrogen) atoms. The zero-order valence-corrected chi connectivity index (χ0v) is 18.7. The van der Waals surface area contributed by atoms with E-state index in [9.17, 15) is 4.79 Å². The van der Waals surface area contributed by atoms with Crippen LogP contribution in [0.15, 0.2) is 95.9 Å². The van der Waals surface area contributed by atoms with E-state index in [0.717, 1.165) is 33.9 Å². The number of hydrogen-bond acceptors (Lipinski definition) is 4. The van der Waals surface area contributed by atoms with E-state index in [0.29, 0.717) is 13.0 Å². The van der Waals surface area contributed by atoms with Crippen LogP contribution < -0.4 is 5.32 Å². The van der Waals surface area contributed by atoms with E-state index in [2.05, 4.69) is 29.9 Å². The van der Waals surface area contributed by atoms with E-state index >= 15 is 0 Å². The molecule has 0 unspecified atom stereocenters. The summed E-state index contributed by atoms with van der Waals surface area (Å²) in [5.74, 6) is 0.840. The number of carbonyl (C=O) groups is 1. The highest BCUT2D eigenvalue weighted by molar-refractivity contribution is 7.10. The molecule has 1 amide bonds. The van der Waals surface area contributed by atoms with E-state index in [1.807, 2.05) is 67.9 Å². The number of rotatable bonds is 10. The first kappa shape index (κ1) is 24.9. The number of pyridine rings is 1. The van der Waals surface area contributed by atoms with Crippen molar-refractivity contribution < 1.29 is 9.53 Å². The van der Waals surface area contributed by atoms with Crippen LogP contribution in [-0.4, -0.2) is 18.0 Å². The zero-order chi connectivity index (χ0) is 22.0. The van der Waals surface area contributed by atoms with Crippen molar-refractivity contribution in [3.8, 4) is 0 Å². The molecule has 4 nitrogen and oxygen atoms in total. The summed E-state index contributed by atoms with van der Waals surface area (Å²) >= 11 is 1.67. The van der Waals surface area contributed by atoms with Crippen molar-refractivity contribution in [2.24, 2.45) is 0 Å². The number of nitrogens with one attached hydrogen (secondary N) is 1. The van der Waals surface area contributed by atoms with Gasteiger partial charge in [-0.3, -0.25) is 9.78 Å². The highest BCUT2D eigenvalue weighted by atomic mass is 32.1. The highest BCUT2D eigenvalue weighted by Crippen LogP contribution is 2.20. The van der Waals surface area contributed by atoms with Gasteiger partial charge < -0.3 is 10.1 Å². The predicted molar refractivity (Wildman–Crippen MR) is 128 cm³/mol. The quantitative estimate of drug-likeness (QED) is 0.286. The maximum absolute atomic E-state index is 10.2. The van der Waals surface area contributed by atoms with Gasteiger partial charge in [0, 0.05) is 23.0 Å². The Labute approximate surface area is 184 Å². The van der Waals surface area contributed by atoms with Gasteiger partial charge in [-0.15, -0.1) is 11.3 Å². The summed E-state index contributed by atoms with van der Waals surface area (Å²) in [5.41, 5.74) is 3.10. The summed E-state index contributed by atoms with van der Waals surface area (Å²) in [6, 6.07) is 10.0. The van der Waals surface area contributed by atoms with Gasteiger partial charge in [0.1, 0.15) is 5.76 Å². The molecule has 0 aliphatic heterocycles. The number of ether oxygens (including phenoxy) is 1. The lowest BCUT2D eigenvalue weighted by atomic mass is 10.1. The number of amides is 1. The molecular weight excluding hydrogens is 392 g/mol. The van der Waals surface area contributed by atoms with Gasteiger partial charge in [0.2, 0.25) is 6.41 Å². The SMILES string of the molecule is C=CC(=C/C=C/NC=O)/C=C(C)/C(=C/c1cccs1)OCC.CCc1ccccn1. The van der Waals surface area contributed by atoms with Gasteiger partial charge in [-0.2, -0.15) is 0 Å². The first-order valence-corrected chi connectivity index (χ1v) is 10.7. The molecule has 0 aromatic carbocycles. The Morgan fingerprint density at radius 1 is 1.27 bits per heavy atom. The molecule has 0 spiro atoms. The molecule has 0 aliphatic carbocycles. The predicted octanol–water partition coefficient (Wildman–Crippen LogP) is 6.09. The maximum atomic E-state index is 10.2. The molecule has 5 heteroatoms. The van der Waals surface area contributed by atoms with Crippen LogP contribution >= 0.6 is 11.3 Å². The minimum absolute atomic E-state index is 0.610. The fraction of sp³-hybridized carbons (Fsp3) is 0.200. The summed E-state index contributed by atoms with van der Waals surface area (Å²) in [5, 5.41) is 4.49. The van der Waals surface area contributed by atoms with Crippen LogP contribution in [0, 0.1) is 0 Å². The van der Waals surface area contributed by atoms with Gasteiger partial charge in [0.15, 0.2) is 0 Å². The molecule has 2 aromatic heterocycles. The maximum Gasteiger partial charge on any atom is 0.211 e. The lowest BCUT2D eigenvalue weighted by Gasteiger charge is -2.09. The monoisotopic (exact) mass is 422 g/mol. The molecule has 0 fully saturated rings. The third kappa shape index (κ3) is 10.4. The average molecular weight is 423 g/mol. The van der Waals surface area contributed by atoms with E-state index in [-0.39, 0.29) is 0 Å². The first-order chi connectivity index (χ1) is 14.6. The first-order valence-electron chi connectivity index (χ1n) is 9.80. The molecule has 0 atom stereocenters. The molecule has 0 aliphatic rings. The van der Waals surface area contributed by atoms with Crippen molar-refractivity contribution in [1.29, 1.82) is 0 Å². The van der Waals surface area contributed by atoms with Gasteiger partial charge >= 0.3 is 0 Å². The summed E-state index contributed by atoms with van der Waals surface area (Å²) in [6.07, 6.45) is 14.4. The zero-order valence-electron chi connectivity index (χ0n) is 17.9. The van der Waals surface area contributed by atoms with Crippen molar-refractivity contribution >= 4 is 23.8 Å². The number of hydrogen-bond donors (Lipinski definition) is 1. The van der Waals surface area contributed by atoms with Crippen LogP contribution in [0.2, 0.25) is 0 Å². The third-order valence-electron chi connectivity index (χ3n) is 3.76. The topological polar surface area (TPSA) is 51.2 Å². The van der Waals surface area contributed by atoms with E-state index in [4.69, 9.17) is 4.74 Å². The molecular formula is C25H30N2O2S. The molecule has 2 rings (SSSR count). The van der Waals surface area contributed by atoms with Crippen LogP contribution in [0.25, 0.3) is 6.08 Å². The second-order valence-electron chi connectivity index (χ2n) is 5.97. The van der Waals surface area contributed by atoms with Gasteiger partial charge in [0.05, 0.1) is 6.61 Å². The summed E-state index contributed by atoms with van der Waals surface area (Å²) < 4.78 is 5.73. The number of aryl methyl sites for hydroxylation is 1. The van der Waals surface area contributed by atoms with Crippen molar-refractivity contribution in [3.63, 3.8) is 0 Å². The van der Waals surface area contributed by atoms with Crippen LogP contribution in [0.5, 0.6) is 0 Å². The van der Waals surface area contributed by atoms with E-state index < -0.39 is 0 Å². The molecule has 0 saturated heterocycles. The van der Waals surface area contributed by atoms with Gasteiger partial charge in [-0.25, -0.2) is 0 Å². The van der Waals surface area contributed by atoms with Crippen LogP contribution in [0.1, 0.15) is 31.3 Å². The Morgan fingerprint density at radius 3 is 2.63 bits per heavy atom. The normalized spacial score (nSPS) is 12.2. The molecule has 2 heterocycles. The Morgan fingerprint density at radius 2 is 2.10 bits per heavy atom. The van der Waals surface area contributed by atoms with Gasteiger partial charge in [-0.1, -0.05) is 37.8 Å².